The van der Waals surface area contributed by atoms with E-state index in [0.717, 1.165) is 64.3 Å². The second-order valence-corrected chi connectivity index (χ2v) is 7.59. The van der Waals surface area contributed by atoms with Crippen LogP contribution in [0.4, 0.5) is 0 Å². The van der Waals surface area contributed by atoms with E-state index in [-0.39, 0.29) is 5.91 Å². The van der Waals surface area contributed by atoms with Crippen molar-refractivity contribution in [1.29, 1.82) is 0 Å². The van der Waals surface area contributed by atoms with Gasteiger partial charge in [0.15, 0.2) is 0 Å². The third kappa shape index (κ3) is 4.42. The highest BCUT2D eigenvalue weighted by atomic mass is 16.5. The smallest absolute Gasteiger partial charge is 0.226 e. The molecule has 0 aromatic heterocycles. The average Bonchev–Trinajstić information content (AvgIpc) is 2.63. The van der Waals surface area contributed by atoms with Gasteiger partial charge in [0.1, 0.15) is 0 Å². The average molecular weight is 345 g/mol. The number of hydrogen-bond donors (Lipinski definition) is 0. The molecule has 4 heteroatoms. The van der Waals surface area contributed by atoms with Crippen LogP contribution in [0.25, 0.3) is 0 Å². The van der Waals surface area contributed by atoms with Gasteiger partial charge in [-0.15, -0.1) is 0 Å². The minimum Gasteiger partial charge on any atom is -0.381 e. The van der Waals surface area contributed by atoms with Gasteiger partial charge in [-0.25, -0.2) is 0 Å². The maximum atomic E-state index is 12.7. The molecule has 0 saturated carbocycles. The summed E-state index contributed by atoms with van der Waals surface area (Å²) in [4.78, 5) is 14.7. The molecule has 0 aliphatic carbocycles. The van der Waals surface area contributed by atoms with Crippen LogP contribution in [0.5, 0.6) is 0 Å². The van der Waals surface area contributed by atoms with Crippen molar-refractivity contribution < 1.29 is 14.3 Å². The molecule has 3 rings (SSSR count). The summed E-state index contributed by atoms with van der Waals surface area (Å²) in [6.45, 7) is 9.05. The Morgan fingerprint density at radius 3 is 2.64 bits per heavy atom. The van der Waals surface area contributed by atoms with Crippen molar-refractivity contribution in [1.82, 2.24) is 4.90 Å². The number of amides is 1. The van der Waals surface area contributed by atoms with Gasteiger partial charge in [0.25, 0.3) is 0 Å². The first-order valence-corrected chi connectivity index (χ1v) is 9.62. The molecule has 2 heterocycles. The monoisotopic (exact) mass is 345 g/mol. The molecule has 25 heavy (non-hydrogen) atoms. The van der Waals surface area contributed by atoms with E-state index >= 15 is 0 Å². The number of rotatable bonds is 5. The third-order valence-corrected chi connectivity index (χ3v) is 6.04. The molecule has 1 aromatic carbocycles. The van der Waals surface area contributed by atoms with Crippen molar-refractivity contribution in [2.75, 3.05) is 39.5 Å². The fourth-order valence-corrected chi connectivity index (χ4v) is 4.22. The second kappa shape index (κ2) is 8.33. The summed E-state index contributed by atoms with van der Waals surface area (Å²) >= 11 is 0. The molecule has 1 atom stereocenters. The molecule has 2 aliphatic rings. The molecule has 2 fully saturated rings. The Morgan fingerprint density at radius 2 is 1.96 bits per heavy atom. The van der Waals surface area contributed by atoms with Gasteiger partial charge in [0.2, 0.25) is 5.91 Å². The Hall–Kier alpha value is -1.39. The summed E-state index contributed by atoms with van der Waals surface area (Å²) in [7, 11) is 0. The number of ether oxygens (including phenoxy) is 2. The first-order valence-electron chi connectivity index (χ1n) is 9.62. The van der Waals surface area contributed by atoms with E-state index in [4.69, 9.17) is 9.47 Å². The van der Waals surface area contributed by atoms with Gasteiger partial charge in [-0.05, 0) is 44.1 Å². The van der Waals surface area contributed by atoms with Crippen molar-refractivity contribution >= 4 is 5.91 Å². The maximum Gasteiger partial charge on any atom is 0.226 e. The number of carbonyl (C=O) groups excluding carboxylic acids is 1. The van der Waals surface area contributed by atoms with Gasteiger partial charge in [0, 0.05) is 32.2 Å². The van der Waals surface area contributed by atoms with E-state index in [1.54, 1.807) is 0 Å². The fraction of sp³-hybridized carbons (Fsp3) is 0.667. The number of aryl methyl sites for hydroxylation is 1. The van der Waals surface area contributed by atoms with Crippen LogP contribution in [-0.2, 0) is 20.7 Å². The molecule has 0 N–H and O–H groups in total. The highest BCUT2D eigenvalue weighted by molar-refractivity contribution is 5.78. The predicted molar refractivity (Wildman–Crippen MR) is 98.5 cm³/mol. The van der Waals surface area contributed by atoms with Crippen LogP contribution in [0, 0.1) is 18.3 Å². The fourth-order valence-electron chi connectivity index (χ4n) is 4.22. The zero-order valence-corrected chi connectivity index (χ0v) is 15.6. The summed E-state index contributed by atoms with van der Waals surface area (Å²) in [5, 5.41) is 0. The molecule has 2 aliphatic heterocycles. The number of carbonyl (C=O) groups is 1. The summed E-state index contributed by atoms with van der Waals surface area (Å²) in [6.07, 6.45) is 3.77. The van der Waals surface area contributed by atoms with Crippen molar-refractivity contribution in [3.63, 3.8) is 0 Å². The molecule has 138 valence electrons. The molecule has 0 radical (unpaired) electrons. The van der Waals surface area contributed by atoms with E-state index in [2.05, 4.69) is 36.1 Å². The predicted octanol–water partition coefficient (Wildman–Crippen LogP) is 3.22. The molecule has 1 spiro atoms. The third-order valence-electron chi connectivity index (χ3n) is 6.04. The number of hydrogen-bond acceptors (Lipinski definition) is 3. The lowest BCUT2D eigenvalue weighted by Crippen LogP contribution is -2.50. The lowest BCUT2D eigenvalue weighted by molar-refractivity contribution is -0.138. The van der Waals surface area contributed by atoms with Gasteiger partial charge in [-0.2, -0.15) is 0 Å². The van der Waals surface area contributed by atoms with Crippen LogP contribution in [-0.4, -0.2) is 50.3 Å². The van der Waals surface area contributed by atoms with Crippen LogP contribution < -0.4 is 0 Å². The van der Waals surface area contributed by atoms with Gasteiger partial charge in [0.05, 0.1) is 19.6 Å². The Kier molecular flexibility index (Phi) is 6.13. The Balaban J connectivity index is 1.56. The lowest BCUT2D eigenvalue weighted by atomic mass is 9.66. The standard InChI is InChI=1S/C21H31NO3/c1-3-24-15-19-16-25-13-10-21(19)8-11-22(12-9-21)20(23)14-18-6-4-17(2)5-7-18/h4-7,19H,3,8-16H2,1-2H3/t19-/m1/s1. The van der Waals surface area contributed by atoms with Crippen molar-refractivity contribution in [2.45, 2.75) is 39.5 Å². The number of likely N-dealkylation sites (tertiary alicyclic amines) is 1. The van der Waals surface area contributed by atoms with Crippen LogP contribution in [0.1, 0.15) is 37.3 Å². The Morgan fingerprint density at radius 1 is 1.24 bits per heavy atom. The lowest BCUT2D eigenvalue weighted by Gasteiger charge is -2.49. The van der Waals surface area contributed by atoms with Crippen LogP contribution >= 0.6 is 0 Å². The summed E-state index contributed by atoms with van der Waals surface area (Å²) in [5.41, 5.74) is 2.64. The molecular weight excluding hydrogens is 314 g/mol. The molecule has 2 saturated heterocycles. The second-order valence-electron chi connectivity index (χ2n) is 7.59. The summed E-state index contributed by atoms with van der Waals surface area (Å²) in [5.74, 6) is 0.725. The van der Waals surface area contributed by atoms with E-state index in [1.807, 2.05) is 6.92 Å². The molecular formula is C21H31NO3. The largest absolute Gasteiger partial charge is 0.381 e. The van der Waals surface area contributed by atoms with Crippen molar-refractivity contribution in [3.05, 3.63) is 35.4 Å². The molecule has 0 unspecified atom stereocenters. The SMILES string of the molecule is CCOC[C@@H]1COCCC12CCN(C(=O)Cc1ccc(C)cc1)CC2. The molecule has 0 bridgehead atoms. The van der Waals surface area contributed by atoms with E-state index < -0.39 is 0 Å². The van der Waals surface area contributed by atoms with E-state index in [1.165, 1.54) is 5.56 Å². The quantitative estimate of drug-likeness (QED) is 0.822. The van der Waals surface area contributed by atoms with Crippen LogP contribution in [0.15, 0.2) is 24.3 Å². The van der Waals surface area contributed by atoms with Gasteiger partial charge in [-0.1, -0.05) is 29.8 Å². The minimum absolute atomic E-state index is 0.257. The normalized spacial score (nSPS) is 23.0. The molecule has 4 nitrogen and oxygen atoms in total. The summed E-state index contributed by atoms with van der Waals surface area (Å²) < 4.78 is 11.4. The highest BCUT2D eigenvalue weighted by Crippen LogP contribution is 2.44. The number of benzene rings is 1. The molecule has 1 amide bonds. The van der Waals surface area contributed by atoms with E-state index in [9.17, 15) is 4.79 Å². The number of nitrogens with zero attached hydrogens (tertiary/aromatic N) is 1. The van der Waals surface area contributed by atoms with Gasteiger partial charge >= 0.3 is 0 Å². The van der Waals surface area contributed by atoms with Crippen LogP contribution in [0.2, 0.25) is 0 Å². The highest BCUT2D eigenvalue weighted by Gasteiger charge is 2.44. The van der Waals surface area contributed by atoms with E-state index in [0.29, 0.717) is 17.8 Å². The Labute approximate surface area is 151 Å². The number of piperidine rings is 1. The first-order chi connectivity index (χ1) is 12.1. The Bertz CT molecular complexity index is 561. The first kappa shape index (κ1) is 18.4. The zero-order valence-electron chi connectivity index (χ0n) is 15.6. The maximum absolute atomic E-state index is 12.7. The minimum atomic E-state index is 0.257. The van der Waals surface area contributed by atoms with Crippen molar-refractivity contribution in [3.8, 4) is 0 Å². The topological polar surface area (TPSA) is 38.8 Å². The molecule has 1 aromatic rings. The van der Waals surface area contributed by atoms with Gasteiger partial charge in [-0.3, -0.25) is 4.79 Å². The van der Waals surface area contributed by atoms with Crippen molar-refractivity contribution in [2.24, 2.45) is 11.3 Å². The van der Waals surface area contributed by atoms with Crippen LogP contribution in [0.3, 0.4) is 0 Å². The summed E-state index contributed by atoms with van der Waals surface area (Å²) in [6, 6.07) is 8.28. The van der Waals surface area contributed by atoms with Gasteiger partial charge < -0.3 is 14.4 Å². The zero-order chi connectivity index (χ0) is 17.7.